The van der Waals surface area contributed by atoms with Gasteiger partial charge in [-0.1, -0.05) is 12.8 Å². The zero-order valence-electron chi connectivity index (χ0n) is 19.0. The molecule has 4 heteroatoms. The first-order valence-electron chi connectivity index (χ1n) is 12.6. The number of hydrogen-bond donors (Lipinski definition) is 1. The van der Waals surface area contributed by atoms with E-state index in [0.717, 1.165) is 43.4 Å². The Bertz CT molecular complexity index is 833. The Labute approximate surface area is 171 Å². The zero-order chi connectivity index (χ0) is 20.5. The van der Waals surface area contributed by atoms with Crippen molar-refractivity contribution in [3.05, 3.63) is 21.8 Å². The first-order chi connectivity index (χ1) is 14.5. The van der Waals surface area contributed by atoms with E-state index in [4.69, 9.17) is 8.85 Å². The molecule has 1 saturated carbocycles. The van der Waals surface area contributed by atoms with Gasteiger partial charge < -0.3 is 10.1 Å². The lowest BCUT2D eigenvalue weighted by Gasteiger charge is -2.33. The highest BCUT2D eigenvalue weighted by molar-refractivity contribution is 8.04. The smallest absolute Gasteiger partial charge is 0.192 e. The molecule has 146 valence electrons. The minimum Gasteiger partial charge on any atom is -0.472 e. The molecule has 6 atom stereocenters. The fourth-order valence-corrected chi connectivity index (χ4v) is 8.33. The minimum atomic E-state index is -2.08. The van der Waals surface area contributed by atoms with Crippen molar-refractivity contribution in [2.75, 3.05) is 6.54 Å². The van der Waals surface area contributed by atoms with Gasteiger partial charge in [0.2, 0.25) is 0 Å². The summed E-state index contributed by atoms with van der Waals surface area (Å²) >= 11 is 2.19. The normalized spacial score (nSPS) is 45.6. The number of aliphatic imine (C=N–C) groups is 1. The summed E-state index contributed by atoms with van der Waals surface area (Å²) in [6.45, 7) is -1.03. The van der Waals surface area contributed by atoms with Crippen LogP contribution in [0.3, 0.4) is 0 Å². The molecule has 0 aromatic heterocycles. The fraction of sp³-hybridized carbons (Fsp3) is 0.783. The SMILES string of the molecule is [2H]C([2H])([2H])C1=NC2OC3=C([C@H]4CC5=C(CN4)[C@@H]4CCCC[C@@H]4S5)CCCC3C2CC1. The van der Waals surface area contributed by atoms with Crippen LogP contribution in [0.15, 0.2) is 26.8 Å². The Hall–Kier alpha value is -0.740. The molecule has 6 rings (SSSR count). The van der Waals surface area contributed by atoms with E-state index >= 15 is 0 Å². The van der Waals surface area contributed by atoms with Crippen LogP contribution >= 0.6 is 11.8 Å². The average Bonchev–Trinajstić information content (AvgIpc) is 3.30. The van der Waals surface area contributed by atoms with Gasteiger partial charge in [0.1, 0.15) is 5.76 Å². The predicted octanol–water partition coefficient (Wildman–Crippen LogP) is 5.19. The van der Waals surface area contributed by atoms with Crippen LogP contribution in [-0.4, -0.2) is 29.8 Å². The highest BCUT2D eigenvalue weighted by Crippen LogP contribution is 2.53. The second-order valence-electron chi connectivity index (χ2n) is 9.31. The first kappa shape index (κ1) is 14.3. The molecule has 2 fully saturated rings. The second kappa shape index (κ2) is 6.66. The predicted molar refractivity (Wildman–Crippen MR) is 112 cm³/mol. The lowest BCUT2D eigenvalue weighted by Crippen LogP contribution is -2.39. The molecule has 0 aromatic rings. The van der Waals surface area contributed by atoms with E-state index in [1.165, 1.54) is 43.4 Å². The monoisotopic (exact) mass is 387 g/mol. The molecule has 4 aliphatic heterocycles. The number of fused-ring (bicyclic) bond motifs is 5. The Morgan fingerprint density at radius 1 is 1.07 bits per heavy atom. The third kappa shape index (κ3) is 2.77. The largest absolute Gasteiger partial charge is 0.472 e. The van der Waals surface area contributed by atoms with Crippen molar-refractivity contribution in [1.29, 1.82) is 0 Å². The van der Waals surface area contributed by atoms with Gasteiger partial charge in [0.05, 0.1) is 0 Å². The molecule has 4 heterocycles. The van der Waals surface area contributed by atoms with Gasteiger partial charge >= 0.3 is 0 Å². The Balaban J connectivity index is 1.25. The molecule has 0 amide bonds. The summed E-state index contributed by atoms with van der Waals surface area (Å²) in [4.78, 5) is 6.26. The van der Waals surface area contributed by atoms with Crippen LogP contribution in [-0.2, 0) is 4.74 Å². The highest BCUT2D eigenvalue weighted by atomic mass is 32.2. The summed E-state index contributed by atoms with van der Waals surface area (Å²) in [5.74, 6) is 2.80. The molecule has 0 radical (unpaired) electrons. The van der Waals surface area contributed by atoms with Crippen molar-refractivity contribution < 1.29 is 8.85 Å². The van der Waals surface area contributed by atoms with Crippen molar-refractivity contribution in [3.63, 3.8) is 0 Å². The fourth-order valence-electron chi connectivity index (χ4n) is 6.57. The van der Waals surface area contributed by atoms with Crippen molar-refractivity contribution in [2.45, 2.75) is 88.6 Å². The lowest BCUT2D eigenvalue weighted by molar-refractivity contribution is 0.128. The van der Waals surface area contributed by atoms with Crippen LogP contribution in [0.4, 0.5) is 0 Å². The van der Waals surface area contributed by atoms with Gasteiger partial charge in [-0.3, -0.25) is 4.99 Å². The molecular formula is C23H32N2OS. The van der Waals surface area contributed by atoms with Gasteiger partial charge in [-0.15, -0.1) is 11.8 Å². The van der Waals surface area contributed by atoms with Crippen molar-refractivity contribution >= 4 is 17.5 Å². The number of hydrogen-bond acceptors (Lipinski definition) is 4. The summed E-state index contributed by atoms with van der Waals surface area (Å²) in [7, 11) is 0. The maximum Gasteiger partial charge on any atom is 0.192 e. The number of nitrogens with zero attached hydrogens (tertiary/aromatic N) is 1. The third-order valence-corrected chi connectivity index (χ3v) is 9.47. The number of thioether (sulfide) groups is 1. The molecule has 3 nitrogen and oxygen atoms in total. The molecular weight excluding hydrogens is 352 g/mol. The van der Waals surface area contributed by atoms with Gasteiger partial charge in [0.15, 0.2) is 6.23 Å². The van der Waals surface area contributed by atoms with E-state index in [1.807, 2.05) is 0 Å². The molecule has 0 bridgehead atoms. The van der Waals surface area contributed by atoms with E-state index in [9.17, 15) is 0 Å². The Kier molecular flexibility index (Phi) is 3.52. The molecule has 1 saturated heterocycles. The average molecular weight is 388 g/mol. The summed E-state index contributed by atoms with van der Waals surface area (Å²) in [6.07, 6.45) is 11.4. The van der Waals surface area contributed by atoms with Crippen LogP contribution in [0.1, 0.15) is 75.2 Å². The molecule has 0 spiro atoms. The number of nitrogens with one attached hydrogen (secondary N) is 1. The Morgan fingerprint density at radius 2 is 2.00 bits per heavy atom. The molecule has 2 aliphatic carbocycles. The maximum absolute atomic E-state index is 7.73. The van der Waals surface area contributed by atoms with Gasteiger partial charge in [-0.05, 0) is 80.2 Å². The van der Waals surface area contributed by atoms with Crippen LogP contribution in [0.2, 0.25) is 0 Å². The van der Waals surface area contributed by atoms with E-state index in [0.29, 0.717) is 30.0 Å². The lowest BCUT2D eigenvalue weighted by atomic mass is 9.76. The highest BCUT2D eigenvalue weighted by Gasteiger charge is 2.47. The third-order valence-electron chi connectivity index (χ3n) is 7.89. The maximum atomic E-state index is 7.73. The van der Waals surface area contributed by atoms with E-state index in [-0.39, 0.29) is 6.23 Å². The molecule has 0 aromatic carbocycles. The standard InChI is InChI=1S/C23H32N2OS/c1-13-9-10-16-15-6-4-7-17(22(15)26-23(16)25-13)19-11-21-18(12-24-19)14-5-2-3-8-20(14)27-21/h14-16,19-20,23-24H,2-12H2,1H3/t14-,15?,16?,19+,20-,23?/m0/s1/i1D3. The van der Waals surface area contributed by atoms with Crippen molar-refractivity contribution in [1.82, 2.24) is 5.32 Å². The van der Waals surface area contributed by atoms with E-state index < -0.39 is 6.85 Å². The Morgan fingerprint density at radius 3 is 2.96 bits per heavy atom. The quantitative estimate of drug-likeness (QED) is 0.672. The zero-order valence-corrected chi connectivity index (χ0v) is 16.8. The van der Waals surface area contributed by atoms with Crippen molar-refractivity contribution in [2.24, 2.45) is 22.7 Å². The van der Waals surface area contributed by atoms with Crippen molar-refractivity contribution in [3.8, 4) is 0 Å². The molecule has 6 aliphatic rings. The minimum absolute atomic E-state index is 0.274. The van der Waals surface area contributed by atoms with E-state index in [2.05, 4.69) is 22.1 Å². The molecule has 27 heavy (non-hydrogen) atoms. The summed E-state index contributed by atoms with van der Waals surface area (Å²) in [5, 5.41) is 4.72. The topological polar surface area (TPSA) is 33.6 Å². The first-order valence-corrected chi connectivity index (χ1v) is 12.0. The van der Waals surface area contributed by atoms with Crippen LogP contribution in [0.25, 0.3) is 0 Å². The van der Waals surface area contributed by atoms with Gasteiger partial charge in [0, 0.05) is 39.5 Å². The van der Waals surface area contributed by atoms with Crippen LogP contribution < -0.4 is 5.32 Å². The van der Waals surface area contributed by atoms with Gasteiger partial charge in [-0.2, -0.15) is 0 Å². The van der Waals surface area contributed by atoms with E-state index in [1.54, 1.807) is 10.5 Å². The van der Waals surface area contributed by atoms with Gasteiger partial charge in [0.25, 0.3) is 0 Å². The number of rotatable bonds is 1. The summed E-state index contributed by atoms with van der Waals surface area (Å²) < 4.78 is 29.7. The number of allylic oxidation sites excluding steroid dienone is 1. The molecule has 1 N–H and O–H groups in total. The van der Waals surface area contributed by atoms with Gasteiger partial charge in [-0.25, -0.2) is 0 Å². The second-order valence-corrected chi connectivity index (χ2v) is 10.6. The summed E-state index contributed by atoms with van der Waals surface area (Å²) in [6, 6.07) is 0.389. The molecule has 3 unspecified atom stereocenters. The summed E-state index contributed by atoms with van der Waals surface area (Å²) in [5.41, 5.74) is 3.54. The number of ether oxygens (including phenoxy) is 1. The van der Waals surface area contributed by atoms with Crippen LogP contribution in [0, 0.1) is 17.8 Å². The van der Waals surface area contributed by atoms with Crippen LogP contribution in [0.5, 0.6) is 0 Å².